The van der Waals surface area contributed by atoms with Crippen molar-refractivity contribution in [1.82, 2.24) is 9.97 Å². The zero-order chi connectivity index (χ0) is 14.4. The Bertz CT molecular complexity index is 675. The molecule has 0 aliphatic carbocycles. The molecule has 0 aromatic carbocycles. The SMILES string of the molecule is O=C(Nc1ccc(Cl)cn1)c1ccncc1C#CCO. The summed E-state index contributed by atoms with van der Waals surface area (Å²) in [6.45, 7) is -0.283. The molecule has 100 valence electrons. The lowest BCUT2D eigenvalue weighted by atomic mass is 10.1. The van der Waals surface area contributed by atoms with Crippen molar-refractivity contribution in [2.75, 3.05) is 11.9 Å². The third-order valence-corrected chi connectivity index (χ3v) is 2.56. The minimum Gasteiger partial charge on any atom is -0.384 e. The van der Waals surface area contributed by atoms with E-state index in [-0.39, 0.29) is 12.5 Å². The summed E-state index contributed by atoms with van der Waals surface area (Å²) >= 11 is 5.72. The molecule has 0 atom stereocenters. The average molecular weight is 288 g/mol. The molecule has 2 N–H and O–H groups in total. The van der Waals surface area contributed by atoms with E-state index in [1.807, 2.05) is 0 Å². The smallest absolute Gasteiger partial charge is 0.258 e. The molecule has 2 rings (SSSR count). The fourth-order valence-corrected chi connectivity index (χ4v) is 1.57. The third-order valence-electron chi connectivity index (χ3n) is 2.34. The molecular weight excluding hydrogens is 278 g/mol. The Balaban J connectivity index is 2.23. The predicted molar refractivity (Wildman–Crippen MR) is 75.4 cm³/mol. The summed E-state index contributed by atoms with van der Waals surface area (Å²) in [7, 11) is 0. The topological polar surface area (TPSA) is 75.1 Å². The number of nitrogens with zero attached hydrogens (tertiary/aromatic N) is 2. The molecule has 2 aromatic rings. The average Bonchev–Trinajstić information content (AvgIpc) is 2.47. The van der Waals surface area contributed by atoms with Crippen LogP contribution in [0.2, 0.25) is 5.02 Å². The molecule has 0 aliphatic heterocycles. The highest BCUT2D eigenvalue weighted by molar-refractivity contribution is 6.30. The van der Waals surface area contributed by atoms with E-state index in [1.54, 1.807) is 18.2 Å². The zero-order valence-corrected chi connectivity index (χ0v) is 11.1. The van der Waals surface area contributed by atoms with Gasteiger partial charge in [0.15, 0.2) is 0 Å². The van der Waals surface area contributed by atoms with Gasteiger partial charge >= 0.3 is 0 Å². The van der Waals surface area contributed by atoms with Crippen LogP contribution in [0.1, 0.15) is 15.9 Å². The van der Waals surface area contributed by atoms with Crippen molar-refractivity contribution in [3.05, 3.63) is 52.9 Å². The van der Waals surface area contributed by atoms with Crippen molar-refractivity contribution >= 4 is 23.3 Å². The van der Waals surface area contributed by atoms with E-state index in [4.69, 9.17) is 16.7 Å². The molecule has 20 heavy (non-hydrogen) atoms. The number of aliphatic hydroxyl groups excluding tert-OH is 1. The molecule has 6 heteroatoms. The fourth-order valence-electron chi connectivity index (χ4n) is 1.46. The van der Waals surface area contributed by atoms with Crippen LogP contribution in [0.25, 0.3) is 0 Å². The van der Waals surface area contributed by atoms with E-state index >= 15 is 0 Å². The van der Waals surface area contributed by atoms with Crippen LogP contribution >= 0.6 is 11.6 Å². The number of aliphatic hydroxyl groups is 1. The molecule has 1 amide bonds. The minimum absolute atomic E-state index is 0.283. The van der Waals surface area contributed by atoms with Gasteiger partial charge in [0, 0.05) is 18.6 Å². The second-order valence-electron chi connectivity index (χ2n) is 3.70. The maximum absolute atomic E-state index is 12.1. The van der Waals surface area contributed by atoms with Gasteiger partial charge in [0.1, 0.15) is 12.4 Å². The Hall–Kier alpha value is -2.42. The number of pyridine rings is 2. The molecule has 0 spiro atoms. The molecule has 0 aliphatic rings. The zero-order valence-electron chi connectivity index (χ0n) is 10.3. The first-order chi connectivity index (χ1) is 9.70. The molecule has 0 bridgehead atoms. The van der Waals surface area contributed by atoms with Crippen molar-refractivity contribution < 1.29 is 9.90 Å². The Morgan fingerprint density at radius 2 is 2.20 bits per heavy atom. The summed E-state index contributed by atoms with van der Waals surface area (Å²) in [5.41, 5.74) is 0.797. The molecule has 5 nitrogen and oxygen atoms in total. The Morgan fingerprint density at radius 1 is 1.35 bits per heavy atom. The number of anilines is 1. The predicted octanol–water partition coefficient (Wildman–Crippen LogP) is 1.73. The van der Waals surface area contributed by atoms with Gasteiger partial charge in [-0.2, -0.15) is 0 Å². The lowest BCUT2D eigenvalue weighted by molar-refractivity contribution is 0.102. The second-order valence-corrected chi connectivity index (χ2v) is 4.13. The third kappa shape index (κ3) is 3.54. The number of rotatable bonds is 2. The number of hydrogen-bond donors (Lipinski definition) is 2. The maximum Gasteiger partial charge on any atom is 0.258 e. The second kappa shape index (κ2) is 6.66. The van der Waals surface area contributed by atoms with Gasteiger partial charge in [-0.3, -0.25) is 9.78 Å². The van der Waals surface area contributed by atoms with Gasteiger partial charge in [0.25, 0.3) is 5.91 Å². The van der Waals surface area contributed by atoms with Crippen LogP contribution in [0.3, 0.4) is 0 Å². The molecule has 0 radical (unpaired) electrons. The van der Waals surface area contributed by atoms with E-state index in [2.05, 4.69) is 27.1 Å². The monoisotopic (exact) mass is 287 g/mol. The van der Waals surface area contributed by atoms with Crippen LogP contribution in [-0.4, -0.2) is 27.6 Å². The Morgan fingerprint density at radius 3 is 2.90 bits per heavy atom. The number of carbonyl (C=O) groups excluding carboxylic acids is 1. The molecule has 2 heterocycles. The maximum atomic E-state index is 12.1. The molecule has 0 unspecified atom stereocenters. The van der Waals surface area contributed by atoms with E-state index in [1.165, 1.54) is 18.6 Å². The quantitative estimate of drug-likeness (QED) is 0.825. The standard InChI is InChI=1S/C14H10ClN3O2/c15-11-3-4-13(17-9-11)18-14(20)12-5-6-16-8-10(12)2-1-7-19/h3-6,8-9,19H,7H2,(H,17,18,20). The normalized spacial score (nSPS) is 9.50. The highest BCUT2D eigenvalue weighted by Gasteiger charge is 2.10. The van der Waals surface area contributed by atoms with Crippen LogP contribution in [0.4, 0.5) is 5.82 Å². The molecule has 0 saturated carbocycles. The summed E-state index contributed by atoms with van der Waals surface area (Å²) in [4.78, 5) is 20.0. The first-order valence-electron chi connectivity index (χ1n) is 5.67. The first kappa shape index (κ1) is 14.0. The number of carbonyl (C=O) groups is 1. The van der Waals surface area contributed by atoms with Crippen LogP contribution < -0.4 is 5.32 Å². The van der Waals surface area contributed by atoms with Crippen LogP contribution in [0.5, 0.6) is 0 Å². The number of amides is 1. The highest BCUT2D eigenvalue weighted by Crippen LogP contribution is 2.12. The van der Waals surface area contributed by atoms with Crippen LogP contribution in [-0.2, 0) is 0 Å². The van der Waals surface area contributed by atoms with E-state index in [9.17, 15) is 4.79 Å². The number of aromatic nitrogens is 2. The van der Waals surface area contributed by atoms with Gasteiger partial charge in [0.2, 0.25) is 0 Å². The number of hydrogen-bond acceptors (Lipinski definition) is 4. The van der Waals surface area contributed by atoms with Gasteiger partial charge in [-0.1, -0.05) is 23.4 Å². The number of nitrogens with one attached hydrogen (secondary N) is 1. The fraction of sp³-hybridized carbons (Fsp3) is 0.0714. The summed E-state index contributed by atoms with van der Waals surface area (Å²) in [6, 6.07) is 4.77. The molecule has 0 saturated heterocycles. The minimum atomic E-state index is -0.357. The Labute approximate surface area is 120 Å². The number of halogens is 1. The van der Waals surface area contributed by atoms with E-state index in [0.29, 0.717) is 22.0 Å². The molecule has 2 aromatic heterocycles. The lowest BCUT2D eigenvalue weighted by Crippen LogP contribution is -2.14. The van der Waals surface area contributed by atoms with Gasteiger partial charge in [-0.15, -0.1) is 0 Å². The van der Waals surface area contributed by atoms with Crippen LogP contribution in [0.15, 0.2) is 36.8 Å². The van der Waals surface area contributed by atoms with Gasteiger partial charge in [-0.25, -0.2) is 4.98 Å². The summed E-state index contributed by atoms with van der Waals surface area (Å²) < 4.78 is 0. The highest BCUT2D eigenvalue weighted by atomic mass is 35.5. The largest absolute Gasteiger partial charge is 0.384 e. The van der Waals surface area contributed by atoms with Crippen LogP contribution in [0, 0.1) is 11.8 Å². The van der Waals surface area contributed by atoms with Crippen molar-refractivity contribution in [3.8, 4) is 11.8 Å². The molecular formula is C14H10ClN3O2. The van der Waals surface area contributed by atoms with Crippen molar-refractivity contribution in [2.24, 2.45) is 0 Å². The summed E-state index contributed by atoms with van der Waals surface area (Å²) in [5, 5.41) is 11.8. The first-order valence-corrected chi connectivity index (χ1v) is 6.05. The van der Waals surface area contributed by atoms with Gasteiger partial charge in [-0.05, 0) is 18.2 Å². The van der Waals surface area contributed by atoms with Crippen molar-refractivity contribution in [1.29, 1.82) is 0 Å². The van der Waals surface area contributed by atoms with Gasteiger partial charge < -0.3 is 10.4 Å². The molecule has 0 fully saturated rings. The summed E-state index contributed by atoms with van der Waals surface area (Å²) in [5.74, 6) is 5.19. The lowest BCUT2D eigenvalue weighted by Gasteiger charge is -2.05. The van der Waals surface area contributed by atoms with E-state index < -0.39 is 0 Å². The van der Waals surface area contributed by atoms with Crippen molar-refractivity contribution in [2.45, 2.75) is 0 Å². The summed E-state index contributed by atoms with van der Waals surface area (Å²) in [6.07, 6.45) is 4.40. The van der Waals surface area contributed by atoms with Crippen molar-refractivity contribution in [3.63, 3.8) is 0 Å². The Kier molecular flexibility index (Phi) is 4.66. The van der Waals surface area contributed by atoms with E-state index in [0.717, 1.165) is 0 Å². The van der Waals surface area contributed by atoms with Gasteiger partial charge in [0.05, 0.1) is 16.1 Å².